The first-order valence-electron chi connectivity index (χ1n) is 6.75. The Morgan fingerprint density at radius 3 is 2.45 bits per heavy atom. The van der Waals surface area contributed by atoms with E-state index in [2.05, 4.69) is 5.32 Å². The number of carbonyl (C=O) groups excluding carboxylic acids is 1. The minimum atomic E-state index is -0.302. The molecule has 5 heteroatoms. The van der Waals surface area contributed by atoms with Gasteiger partial charge in [0.1, 0.15) is 0 Å². The van der Waals surface area contributed by atoms with Gasteiger partial charge in [0.15, 0.2) is 0 Å². The third-order valence-electron chi connectivity index (χ3n) is 3.87. The second kappa shape index (κ2) is 8.50. The Balaban J connectivity index is 0.00000361. The number of rotatable bonds is 6. The van der Waals surface area contributed by atoms with Crippen LogP contribution in [0.5, 0.6) is 0 Å². The molecule has 0 aliphatic rings. The van der Waals surface area contributed by atoms with Gasteiger partial charge >= 0.3 is 0 Å². The van der Waals surface area contributed by atoms with Crippen LogP contribution < -0.4 is 11.1 Å². The van der Waals surface area contributed by atoms with Crippen molar-refractivity contribution < 1.29 is 4.79 Å². The van der Waals surface area contributed by atoms with Crippen LogP contribution >= 0.6 is 24.0 Å². The molecule has 1 rings (SSSR count). The Morgan fingerprint density at radius 2 is 2.00 bits per heavy atom. The normalized spacial score (nSPS) is 12.4. The second-order valence-electron chi connectivity index (χ2n) is 4.96. The zero-order valence-electron chi connectivity index (χ0n) is 12.3. The molecule has 1 aromatic rings. The van der Waals surface area contributed by atoms with Crippen LogP contribution in [0.1, 0.15) is 45.1 Å². The molecule has 3 N–H and O–H groups in total. The van der Waals surface area contributed by atoms with E-state index in [0.29, 0.717) is 11.6 Å². The molecule has 1 aromatic carbocycles. The van der Waals surface area contributed by atoms with Crippen LogP contribution in [-0.2, 0) is 4.79 Å². The maximum absolute atomic E-state index is 12.3. The molecule has 3 nitrogen and oxygen atoms in total. The van der Waals surface area contributed by atoms with Crippen LogP contribution in [0.25, 0.3) is 0 Å². The van der Waals surface area contributed by atoms with E-state index in [1.807, 2.05) is 39.0 Å². The van der Waals surface area contributed by atoms with Crippen LogP contribution in [0.4, 0.5) is 0 Å². The van der Waals surface area contributed by atoms with E-state index in [4.69, 9.17) is 17.3 Å². The topological polar surface area (TPSA) is 55.1 Å². The average molecular weight is 319 g/mol. The van der Waals surface area contributed by atoms with E-state index < -0.39 is 0 Å². The van der Waals surface area contributed by atoms with Gasteiger partial charge in [-0.25, -0.2) is 0 Å². The molecule has 1 atom stereocenters. The Kier molecular flexibility index (Phi) is 8.17. The van der Waals surface area contributed by atoms with E-state index in [1.165, 1.54) is 0 Å². The van der Waals surface area contributed by atoms with E-state index >= 15 is 0 Å². The molecule has 0 bridgehead atoms. The Hall–Kier alpha value is -0.770. The van der Waals surface area contributed by atoms with Gasteiger partial charge in [0, 0.05) is 11.6 Å². The van der Waals surface area contributed by atoms with Gasteiger partial charge < -0.3 is 11.1 Å². The number of hydrogen-bond donors (Lipinski definition) is 2. The van der Waals surface area contributed by atoms with Crippen molar-refractivity contribution in [1.82, 2.24) is 5.32 Å². The summed E-state index contributed by atoms with van der Waals surface area (Å²) in [5.74, 6) is -0.237. The molecule has 0 heterocycles. The third kappa shape index (κ3) is 4.65. The Bertz CT molecular complexity index is 425. The summed E-state index contributed by atoms with van der Waals surface area (Å²) in [6, 6.07) is 7.40. The lowest BCUT2D eigenvalue weighted by Gasteiger charge is -2.32. The van der Waals surface area contributed by atoms with E-state index in [-0.39, 0.29) is 29.8 Å². The number of nitrogens with one attached hydrogen (secondary N) is 1. The van der Waals surface area contributed by atoms with Crippen LogP contribution in [0.3, 0.4) is 0 Å². The summed E-state index contributed by atoms with van der Waals surface area (Å²) in [6.45, 7) is 6.42. The van der Waals surface area contributed by atoms with Crippen molar-refractivity contribution >= 4 is 29.9 Å². The molecule has 0 aliphatic heterocycles. The van der Waals surface area contributed by atoms with Gasteiger partial charge in [0.2, 0.25) is 5.91 Å². The monoisotopic (exact) mass is 318 g/mol. The zero-order valence-corrected chi connectivity index (χ0v) is 13.9. The van der Waals surface area contributed by atoms with Crippen molar-refractivity contribution in [3.63, 3.8) is 0 Å². The molecule has 20 heavy (non-hydrogen) atoms. The van der Waals surface area contributed by atoms with Crippen molar-refractivity contribution in [3.8, 4) is 0 Å². The van der Waals surface area contributed by atoms with Gasteiger partial charge in [-0.1, -0.05) is 37.6 Å². The fourth-order valence-corrected chi connectivity index (χ4v) is 2.26. The summed E-state index contributed by atoms with van der Waals surface area (Å²) in [5, 5.41) is 3.74. The van der Waals surface area contributed by atoms with Crippen molar-refractivity contribution in [1.29, 1.82) is 0 Å². The third-order valence-corrected chi connectivity index (χ3v) is 4.11. The molecular weight excluding hydrogens is 295 g/mol. The first-order valence-corrected chi connectivity index (χ1v) is 7.13. The Labute approximate surface area is 132 Å². The highest BCUT2D eigenvalue weighted by atomic mass is 35.5. The van der Waals surface area contributed by atoms with Crippen molar-refractivity contribution in [2.24, 2.45) is 5.73 Å². The van der Waals surface area contributed by atoms with Crippen LogP contribution in [0.15, 0.2) is 24.3 Å². The number of nitrogens with two attached hydrogens (primary N) is 1. The van der Waals surface area contributed by atoms with E-state index in [0.717, 1.165) is 18.4 Å². The number of carbonyl (C=O) groups is 1. The lowest BCUT2D eigenvalue weighted by Crippen LogP contribution is -2.53. The molecule has 0 spiro atoms. The zero-order chi connectivity index (χ0) is 14.5. The molecule has 0 fully saturated rings. The summed E-state index contributed by atoms with van der Waals surface area (Å²) in [5.41, 5.74) is 6.42. The van der Waals surface area contributed by atoms with Crippen LogP contribution in [-0.4, -0.2) is 18.0 Å². The van der Waals surface area contributed by atoms with Crippen LogP contribution in [0.2, 0.25) is 5.02 Å². The molecule has 1 unspecified atom stereocenters. The lowest BCUT2D eigenvalue weighted by atomic mass is 9.91. The number of halogens is 2. The molecular formula is C15H24Cl2N2O. The molecule has 1 amide bonds. The van der Waals surface area contributed by atoms with Crippen molar-refractivity contribution in [3.05, 3.63) is 34.9 Å². The summed E-state index contributed by atoms with van der Waals surface area (Å²) in [6.07, 6.45) is 1.65. The molecule has 0 aliphatic carbocycles. The average Bonchev–Trinajstić information content (AvgIpc) is 2.44. The van der Waals surface area contributed by atoms with Crippen LogP contribution in [0, 0.1) is 0 Å². The Morgan fingerprint density at radius 1 is 1.40 bits per heavy atom. The fraction of sp³-hybridized carbons (Fsp3) is 0.533. The number of hydrogen-bond acceptors (Lipinski definition) is 2. The van der Waals surface area contributed by atoms with E-state index in [9.17, 15) is 4.79 Å². The minimum Gasteiger partial charge on any atom is -0.349 e. The molecule has 0 saturated heterocycles. The molecule has 0 radical (unpaired) electrons. The van der Waals surface area contributed by atoms with Crippen molar-refractivity contribution in [2.45, 2.75) is 45.1 Å². The van der Waals surface area contributed by atoms with Gasteiger partial charge in [-0.05, 0) is 37.5 Å². The number of amides is 1. The van der Waals surface area contributed by atoms with Gasteiger partial charge in [0.05, 0.1) is 11.5 Å². The standard InChI is InChI=1S/C15H23ClN2O.ClH/c1-4-15(5-2,10-17)18-14(19)11(3)12-7-6-8-13(16)9-12;/h6-9,11H,4-5,10,17H2,1-3H3,(H,18,19);1H. The van der Waals surface area contributed by atoms with Gasteiger partial charge in [0.25, 0.3) is 0 Å². The highest BCUT2D eigenvalue weighted by molar-refractivity contribution is 6.30. The quantitative estimate of drug-likeness (QED) is 0.843. The smallest absolute Gasteiger partial charge is 0.227 e. The minimum absolute atomic E-state index is 0. The predicted octanol–water partition coefficient (Wildman–Crippen LogP) is 3.50. The fourth-order valence-electron chi connectivity index (χ4n) is 2.06. The SMILES string of the molecule is CCC(CC)(CN)NC(=O)C(C)c1cccc(Cl)c1.Cl. The summed E-state index contributed by atoms with van der Waals surface area (Å²) < 4.78 is 0. The van der Waals surface area contributed by atoms with Gasteiger partial charge in [-0.2, -0.15) is 0 Å². The number of benzene rings is 1. The van der Waals surface area contributed by atoms with Crippen molar-refractivity contribution in [2.75, 3.05) is 6.54 Å². The van der Waals surface area contributed by atoms with E-state index in [1.54, 1.807) is 6.07 Å². The first kappa shape index (κ1) is 19.2. The largest absolute Gasteiger partial charge is 0.349 e. The summed E-state index contributed by atoms with van der Waals surface area (Å²) >= 11 is 5.96. The molecule has 0 aromatic heterocycles. The highest BCUT2D eigenvalue weighted by Crippen LogP contribution is 2.21. The summed E-state index contributed by atoms with van der Waals surface area (Å²) in [7, 11) is 0. The maximum Gasteiger partial charge on any atom is 0.227 e. The van der Waals surface area contributed by atoms with Gasteiger partial charge in [-0.3, -0.25) is 4.79 Å². The highest BCUT2D eigenvalue weighted by Gasteiger charge is 2.28. The second-order valence-corrected chi connectivity index (χ2v) is 5.39. The molecule has 114 valence electrons. The van der Waals surface area contributed by atoms with Gasteiger partial charge in [-0.15, -0.1) is 12.4 Å². The lowest BCUT2D eigenvalue weighted by molar-refractivity contribution is -0.124. The summed E-state index contributed by atoms with van der Waals surface area (Å²) in [4.78, 5) is 12.3. The molecule has 0 saturated carbocycles. The maximum atomic E-state index is 12.3. The first-order chi connectivity index (χ1) is 8.98. The predicted molar refractivity (Wildman–Crippen MR) is 87.6 cm³/mol.